The molecule has 0 aliphatic heterocycles. The number of aromatic nitrogens is 1. The Morgan fingerprint density at radius 3 is 2.18 bits per heavy atom. The molecule has 1 N–H and O–H groups in total. The standard InChI is InChI=1S/C33H34N2O4/c1-3-38-32(37)33(20-21-33)28-15-13-26(14-16-28)25-9-11-27(12-10-25)31-29(23(2)35-39-31)17-18-30(36)34-22-19-24-7-5-4-6-8-24/h4-16H,3,17-22H2,1-2H3,(H,34,36). The minimum Gasteiger partial charge on any atom is -0.465 e. The van der Waals surface area contributed by atoms with Crippen molar-refractivity contribution in [3.05, 3.63) is 101 Å². The number of ether oxygens (including phenoxy) is 1. The molecule has 5 rings (SSSR count). The maximum atomic E-state index is 12.5. The Bertz CT molecular complexity index is 1420. The Morgan fingerprint density at radius 1 is 0.897 bits per heavy atom. The number of nitrogens with one attached hydrogen (secondary N) is 1. The van der Waals surface area contributed by atoms with Crippen LogP contribution in [0.15, 0.2) is 83.4 Å². The highest BCUT2D eigenvalue weighted by molar-refractivity contribution is 5.87. The second-order valence-corrected chi connectivity index (χ2v) is 10.1. The van der Waals surface area contributed by atoms with Gasteiger partial charge in [-0.3, -0.25) is 9.59 Å². The molecule has 1 aliphatic rings. The number of amides is 1. The summed E-state index contributed by atoms with van der Waals surface area (Å²) < 4.78 is 11.0. The van der Waals surface area contributed by atoms with E-state index in [1.165, 1.54) is 5.56 Å². The SMILES string of the molecule is CCOC(=O)C1(c2ccc(-c3ccc(-c4onc(C)c4CCC(=O)NCCc4ccccc4)cc3)cc2)CC1. The zero-order valence-corrected chi connectivity index (χ0v) is 22.5. The number of benzene rings is 3. The van der Waals surface area contributed by atoms with E-state index in [9.17, 15) is 9.59 Å². The van der Waals surface area contributed by atoms with Gasteiger partial charge in [-0.15, -0.1) is 0 Å². The minimum absolute atomic E-state index is 0.0206. The first-order valence-electron chi connectivity index (χ1n) is 13.6. The van der Waals surface area contributed by atoms with Crippen molar-refractivity contribution in [2.24, 2.45) is 0 Å². The molecule has 1 aromatic heterocycles. The van der Waals surface area contributed by atoms with E-state index in [4.69, 9.17) is 9.26 Å². The van der Waals surface area contributed by atoms with Crippen LogP contribution in [0.4, 0.5) is 0 Å². The molecule has 0 saturated heterocycles. The van der Waals surface area contributed by atoms with Gasteiger partial charge in [0.2, 0.25) is 5.91 Å². The molecule has 4 aromatic rings. The second-order valence-electron chi connectivity index (χ2n) is 10.1. The molecule has 0 spiro atoms. The summed E-state index contributed by atoms with van der Waals surface area (Å²) >= 11 is 0. The summed E-state index contributed by atoms with van der Waals surface area (Å²) in [6.07, 6.45) is 3.43. The van der Waals surface area contributed by atoms with Crippen LogP contribution in [0.1, 0.15) is 48.6 Å². The molecule has 3 aromatic carbocycles. The van der Waals surface area contributed by atoms with Gasteiger partial charge in [0.05, 0.1) is 17.7 Å². The Labute approximate surface area is 229 Å². The zero-order chi connectivity index (χ0) is 27.2. The third kappa shape index (κ3) is 5.95. The van der Waals surface area contributed by atoms with E-state index in [0.717, 1.165) is 52.8 Å². The lowest BCUT2D eigenvalue weighted by molar-refractivity contribution is -0.146. The fourth-order valence-corrected chi connectivity index (χ4v) is 5.03. The molecule has 39 heavy (non-hydrogen) atoms. The highest BCUT2D eigenvalue weighted by Crippen LogP contribution is 2.49. The first-order chi connectivity index (χ1) is 19.0. The van der Waals surface area contributed by atoms with Crippen LogP contribution in [0.25, 0.3) is 22.5 Å². The van der Waals surface area contributed by atoms with Crippen LogP contribution >= 0.6 is 0 Å². The molecule has 200 valence electrons. The number of aryl methyl sites for hydroxylation is 1. The molecule has 0 bridgehead atoms. The number of nitrogens with zero attached hydrogens (tertiary/aromatic N) is 1. The number of hydrogen-bond acceptors (Lipinski definition) is 5. The highest BCUT2D eigenvalue weighted by Gasteiger charge is 2.52. The molecule has 1 saturated carbocycles. The van der Waals surface area contributed by atoms with Gasteiger partial charge in [-0.05, 0) is 61.8 Å². The van der Waals surface area contributed by atoms with Crippen LogP contribution in [0.3, 0.4) is 0 Å². The second kappa shape index (κ2) is 11.7. The molecular formula is C33H34N2O4. The molecule has 0 unspecified atom stereocenters. The molecule has 1 fully saturated rings. The van der Waals surface area contributed by atoms with Gasteiger partial charge < -0.3 is 14.6 Å². The first kappa shape index (κ1) is 26.4. The number of carbonyl (C=O) groups excluding carboxylic acids is 2. The Kier molecular flexibility index (Phi) is 7.92. The van der Waals surface area contributed by atoms with Gasteiger partial charge in [-0.2, -0.15) is 0 Å². The van der Waals surface area contributed by atoms with Crippen LogP contribution in [0.5, 0.6) is 0 Å². The third-order valence-electron chi connectivity index (χ3n) is 7.50. The molecule has 0 radical (unpaired) electrons. The Hall–Kier alpha value is -4.19. The lowest BCUT2D eigenvalue weighted by Gasteiger charge is -2.14. The van der Waals surface area contributed by atoms with Crippen LogP contribution in [-0.2, 0) is 32.6 Å². The predicted molar refractivity (Wildman–Crippen MR) is 151 cm³/mol. The molecule has 6 nitrogen and oxygen atoms in total. The number of esters is 1. The molecule has 1 amide bonds. The van der Waals surface area contributed by atoms with Gasteiger partial charge in [-0.25, -0.2) is 0 Å². The van der Waals surface area contributed by atoms with Crippen LogP contribution in [-0.4, -0.2) is 30.2 Å². The lowest BCUT2D eigenvalue weighted by Crippen LogP contribution is -2.25. The average molecular weight is 523 g/mol. The summed E-state index contributed by atoms with van der Waals surface area (Å²) in [4.78, 5) is 24.9. The minimum atomic E-state index is -0.461. The molecular weight excluding hydrogens is 488 g/mol. The number of rotatable bonds is 11. The first-order valence-corrected chi connectivity index (χ1v) is 13.6. The maximum absolute atomic E-state index is 12.5. The normalized spacial score (nSPS) is 13.6. The van der Waals surface area contributed by atoms with Crippen molar-refractivity contribution < 1.29 is 18.8 Å². The van der Waals surface area contributed by atoms with E-state index in [1.807, 2.05) is 56.3 Å². The summed E-state index contributed by atoms with van der Waals surface area (Å²) in [7, 11) is 0. The topological polar surface area (TPSA) is 81.4 Å². The largest absolute Gasteiger partial charge is 0.465 e. The highest BCUT2D eigenvalue weighted by atomic mass is 16.5. The van der Waals surface area contributed by atoms with Crippen molar-refractivity contribution in [2.45, 2.75) is 51.4 Å². The van der Waals surface area contributed by atoms with E-state index in [1.54, 1.807) is 0 Å². The summed E-state index contributed by atoms with van der Waals surface area (Å²) in [5.41, 5.74) is 6.60. The van der Waals surface area contributed by atoms with Crippen LogP contribution in [0, 0.1) is 6.92 Å². The van der Waals surface area contributed by atoms with Crippen LogP contribution in [0.2, 0.25) is 0 Å². The smallest absolute Gasteiger partial charge is 0.316 e. The van der Waals surface area contributed by atoms with Gasteiger partial charge in [0.25, 0.3) is 0 Å². The van der Waals surface area contributed by atoms with Crippen molar-refractivity contribution in [1.82, 2.24) is 10.5 Å². The zero-order valence-electron chi connectivity index (χ0n) is 22.5. The number of hydrogen-bond donors (Lipinski definition) is 1. The van der Waals surface area contributed by atoms with Crippen molar-refractivity contribution in [1.29, 1.82) is 0 Å². The van der Waals surface area contributed by atoms with Gasteiger partial charge >= 0.3 is 5.97 Å². The maximum Gasteiger partial charge on any atom is 0.316 e. The van der Waals surface area contributed by atoms with E-state index in [2.05, 4.69) is 46.9 Å². The monoisotopic (exact) mass is 522 g/mol. The van der Waals surface area contributed by atoms with Gasteiger partial charge in [0, 0.05) is 24.1 Å². The Balaban J connectivity index is 1.20. The number of carbonyl (C=O) groups is 2. The quantitative estimate of drug-likeness (QED) is 0.237. The van der Waals surface area contributed by atoms with Crippen molar-refractivity contribution in [3.8, 4) is 22.5 Å². The van der Waals surface area contributed by atoms with Crippen molar-refractivity contribution in [3.63, 3.8) is 0 Å². The van der Waals surface area contributed by atoms with E-state index in [-0.39, 0.29) is 11.9 Å². The molecule has 0 atom stereocenters. The van der Waals surface area contributed by atoms with Gasteiger partial charge in [-0.1, -0.05) is 84.0 Å². The average Bonchev–Trinajstić information content (AvgIpc) is 3.70. The molecule has 1 heterocycles. The van der Waals surface area contributed by atoms with Gasteiger partial charge in [0.1, 0.15) is 0 Å². The fourth-order valence-electron chi connectivity index (χ4n) is 5.03. The van der Waals surface area contributed by atoms with Crippen molar-refractivity contribution in [2.75, 3.05) is 13.2 Å². The predicted octanol–water partition coefficient (Wildman–Crippen LogP) is 6.20. The Morgan fingerprint density at radius 2 is 1.54 bits per heavy atom. The van der Waals surface area contributed by atoms with E-state index in [0.29, 0.717) is 31.8 Å². The summed E-state index contributed by atoms with van der Waals surface area (Å²) in [6, 6.07) is 26.5. The van der Waals surface area contributed by atoms with Gasteiger partial charge in [0.15, 0.2) is 5.76 Å². The summed E-state index contributed by atoms with van der Waals surface area (Å²) in [5, 5.41) is 7.19. The van der Waals surface area contributed by atoms with Crippen LogP contribution < -0.4 is 5.32 Å². The van der Waals surface area contributed by atoms with Crippen molar-refractivity contribution >= 4 is 11.9 Å². The molecule has 6 heteroatoms. The van der Waals surface area contributed by atoms with E-state index < -0.39 is 5.41 Å². The van der Waals surface area contributed by atoms with E-state index >= 15 is 0 Å². The lowest BCUT2D eigenvalue weighted by atomic mass is 9.93. The summed E-state index contributed by atoms with van der Waals surface area (Å²) in [6.45, 7) is 4.77. The molecule has 1 aliphatic carbocycles. The third-order valence-corrected chi connectivity index (χ3v) is 7.50. The summed E-state index contributed by atoms with van der Waals surface area (Å²) in [5.74, 6) is 0.605. The fraction of sp³-hybridized carbons (Fsp3) is 0.303.